The van der Waals surface area contributed by atoms with Crippen LogP contribution in [0.4, 0.5) is 5.69 Å². The molecule has 0 aromatic heterocycles. The van der Waals surface area contributed by atoms with Crippen molar-refractivity contribution in [3.05, 3.63) is 29.8 Å². The van der Waals surface area contributed by atoms with Crippen molar-refractivity contribution < 1.29 is 9.90 Å². The Bertz CT molecular complexity index is 389. The standard InChI is InChI=1S/C13H20N2O2/c1-13(2,7-8-16)9-15-12(17)10-5-3-4-6-11(10)14/h3-6,16H,7-9,14H2,1-2H3,(H,15,17). The minimum Gasteiger partial charge on any atom is -0.398 e. The molecule has 1 aromatic rings. The first-order valence-corrected chi connectivity index (χ1v) is 5.70. The van der Waals surface area contributed by atoms with E-state index in [1.807, 2.05) is 13.8 Å². The summed E-state index contributed by atoms with van der Waals surface area (Å²) in [6, 6.07) is 6.98. The predicted molar refractivity (Wildman–Crippen MR) is 68.7 cm³/mol. The second kappa shape index (κ2) is 5.68. The summed E-state index contributed by atoms with van der Waals surface area (Å²) in [5, 5.41) is 11.7. The summed E-state index contributed by atoms with van der Waals surface area (Å²) < 4.78 is 0. The van der Waals surface area contributed by atoms with Crippen LogP contribution in [0.15, 0.2) is 24.3 Å². The van der Waals surface area contributed by atoms with E-state index in [-0.39, 0.29) is 17.9 Å². The minimum atomic E-state index is -0.172. The van der Waals surface area contributed by atoms with Crippen molar-refractivity contribution in [1.29, 1.82) is 0 Å². The number of nitrogen functional groups attached to an aromatic ring is 1. The first-order valence-electron chi connectivity index (χ1n) is 5.70. The molecular weight excluding hydrogens is 216 g/mol. The number of carbonyl (C=O) groups excluding carboxylic acids is 1. The zero-order valence-electron chi connectivity index (χ0n) is 10.4. The second-order valence-corrected chi connectivity index (χ2v) is 4.91. The van der Waals surface area contributed by atoms with E-state index in [1.54, 1.807) is 24.3 Å². The molecule has 4 nitrogen and oxygen atoms in total. The second-order valence-electron chi connectivity index (χ2n) is 4.91. The molecule has 4 heteroatoms. The van der Waals surface area contributed by atoms with Gasteiger partial charge in [0.25, 0.3) is 5.91 Å². The van der Waals surface area contributed by atoms with Gasteiger partial charge in [-0.25, -0.2) is 0 Å². The molecule has 0 atom stereocenters. The van der Waals surface area contributed by atoms with E-state index in [4.69, 9.17) is 10.8 Å². The van der Waals surface area contributed by atoms with E-state index in [0.29, 0.717) is 24.2 Å². The van der Waals surface area contributed by atoms with Gasteiger partial charge in [0.05, 0.1) is 5.56 Å². The number of rotatable bonds is 5. The van der Waals surface area contributed by atoms with Crippen LogP contribution >= 0.6 is 0 Å². The zero-order chi connectivity index (χ0) is 12.9. The highest BCUT2D eigenvalue weighted by Gasteiger charge is 2.19. The number of para-hydroxylation sites is 1. The summed E-state index contributed by atoms with van der Waals surface area (Å²) in [4.78, 5) is 11.9. The van der Waals surface area contributed by atoms with Gasteiger partial charge in [0.1, 0.15) is 0 Å². The molecule has 0 spiro atoms. The molecule has 4 N–H and O–H groups in total. The van der Waals surface area contributed by atoms with Crippen molar-refractivity contribution in [2.75, 3.05) is 18.9 Å². The molecule has 0 unspecified atom stereocenters. The predicted octanol–water partition coefficient (Wildman–Crippen LogP) is 1.41. The number of hydrogen-bond donors (Lipinski definition) is 3. The van der Waals surface area contributed by atoms with E-state index in [1.165, 1.54) is 0 Å². The largest absolute Gasteiger partial charge is 0.398 e. The molecule has 0 radical (unpaired) electrons. The number of amides is 1. The van der Waals surface area contributed by atoms with Crippen molar-refractivity contribution in [3.63, 3.8) is 0 Å². The number of aliphatic hydroxyl groups is 1. The third kappa shape index (κ3) is 4.07. The Morgan fingerprint density at radius 2 is 2.06 bits per heavy atom. The topological polar surface area (TPSA) is 75.3 Å². The Morgan fingerprint density at radius 3 is 2.65 bits per heavy atom. The van der Waals surface area contributed by atoms with Gasteiger partial charge in [-0.1, -0.05) is 26.0 Å². The molecule has 17 heavy (non-hydrogen) atoms. The lowest BCUT2D eigenvalue weighted by molar-refractivity contribution is 0.0929. The summed E-state index contributed by atoms with van der Waals surface area (Å²) in [6.45, 7) is 4.63. The van der Waals surface area contributed by atoms with E-state index in [2.05, 4.69) is 5.32 Å². The molecule has 0 aliphatic carbocycles. The lowest BCUT2D eigenvalue weighted by Gasteiger charge is -2.23. The van der Waals surface area contributed by atoms with Gasteiger partial charge in [-0.05, 0) is 24.0 Å². The maximum atomic E-state index is 11.9. The van der Waals surface area contributed by atoms with Crippen molar-refractivity contribution in [2.24, 2.45) is 5.41 Å². The summed E-state index contributed by atoms with van der Waals surface area (Å²) in [5.41, 5.74) is 6.57. The Balaban J connectivity index is 2.59. The molecule has 0 heterocycles. The van der Waals surface area contributed by atoms with Crippen molar-refractivity contribution in [3.8, 4) is 0 Å². The van der Waals surface area contributed by atoms with Crippen molar-refractivity contribution >= 4 is 11.6 Å². The quantitative estimate of drug-likeness (QED) is 0.676. The highest BCUT2D eigenvalue weighted by molar-refractivity contribution is 5.99. The molecular formula is C13H20N2O2. The van der Waals surface area contributed by atoms with Gasteiger partial charge in [0, 0.05) is 18.8 Å². The van der Waals surface area contributed by atoms with E-state index in [9.17, 15) is 4.79 Å². The molecule has 0 fully saturated rings. The van der Waals surface area contributed by atoms with Crippen LogP contribution in [0.3, 0.4) is 0 Å². The fourth-order valence-electron chi connectivity index (χ4n) is 1.51. The van der Waals surface area contributed by atoms with E-state index >= 15 is 0 Å². The molecule has 1 aromatic carbocycles. The van der Waals surface area contributed by atoms with Gasteiger partial charge in [-0.3, -0.25) is 4.79 Å². The number of nitrogens with one attached hydrogen (secondary N) is 1. The number of benzene rings is 1. The van der Waals surface area contributed by atoms with E-state index < -0.39 is 0 Å². The normalized spacial score (nSPS) is 11.2. The van der Waals surface area contributed by atoms with Gasteiger partial charge in [0.2, 0.25) is 0 Å². The highest BCUT2D eigenvalue weighted by Crippen LogP contribution is 2.18. The van der Waals surface area contributed by atoms with Crippen LogP contribution in [0.1, 0.15) is 30.6 Å². The van der Waals surface area contributed by atoms with Crippen LogP contribution in [0.2, 0.25) is 0 Å². The Kier molecular flexibility index (Phi) is 4.52. The Labute approximate surface area is 102 Å². The third-order valence-electron chi connectivity index (χ3n) is 2.72. The third-order valence-corrected chi connectivity index (χ3v) is 2.72. The summed E-state index contributed by atoms with van der Waals surface area (Å²) in [7, 11) is 0. The van der Waals surface area contributed by atoms with Crippen LogP contribution in [-0.2, 0) is 0 Å². The summed E-state index contributed by atoms with van der Waals surface area (Å²) in [6.07, 6.45) is 0.650. The Morgan fingerprint density at radius 1 is 1.41 bits per heavy atom. The zero-order valence-corrected chi connectivity index (χ0v) is 10.4. The molecule has 0 saturated heterocycles. The minimum absolute atomic E-state index is 0.117. The average molecular weight is 236 g/mol. The SMILES string of the molecule is CC(C)(CCO)CNC(=O)c1ccccc1N. The highest BCUT2D eigenvalue weighted by atomic mass is 16.3. The first-order chi connectivity index (χ1) is 7.96. The lowest BCUT2D eigenvalue weighted by atomic mass is 9.89. The maximum absolute atomic E-state index is 11.9. The summed E-state index contributed by atoms with van der Waals surface area (Å²) in [5.74, 6) is -0.172. The lowest BCUT2D eigenvalue weighted by Crippen LogP contribution is -2.34. The fourth-order valence-corrected chi connectivity index (χ4v) is 1.51. The number of hydrogen-bond acceptors (Lipinski definition) is 3. The maximum Gasteiger partial charge on any atom is 0.253 e. The van der Waals surface area contributed by atoms with Gasteiger partial charge < -0.3 is 16.2 Å². The fraction of sp³-hybridized carbons (Fsp3) is 0.462. The Hall–Kier alpha value is -1.55. The first kappa shape index (κ1) is 13.5. The van der Waals surface area contributed by atoms with Gasteiger partial charge in [-0.2, -0.15) is 0 Å². The molecule has 1 rings (SSSR count). The molecule has 1 amide bonds. The number of nitrogens with two attached hydrogens (primary N) is 1. The monoisotopic (exact) mass is 236 g/mol. The molecule has 0 bridgehead atoms. The van der Waals surface area contributed by atoms with Gasteiger partial charge in [0.15, 0.2) is 0 Å². The number of carbonyl (C=O) groups is 1. The van der Waals surface area contributed by atoms with Gasteiger partial charge >= 0.3 is 0 Å². The van der Waals surface area contributed by atoms with Crippen LogP contribution < -0.4 is 11.1 Å². The number of anilines is 1. The van der Waals surface area contributed by atoms with Gasteiger partial charge in [-0.15, -0.1) is 0 Å². The molecule has 0 aliphatic heterocycles. The number of aliphatic hydroxyl groups excluding tert-OH is 1. The molecule has 94 valence electrons. The van der Waals surface area contributed by atoms with Crippen molar-refractivity contribution in [1.82, 2.24) is 5.32 Å². The van der Waals surface area contributed by atoms with Crippen LogP contribution in [0, 0.1) is 5.41 Å². The summed E-state index contributed by atoms with van der Waals surface area (Å²) >= 11 is 0. The molecule has 0 saturated carbocycles. The smallest absolute Gasteiger partial charge is 0.253 e. The van der Waals surface area contributed by atoms with Crippen LogP contribution in [0.5, 0.6) is 0 Å². The molecule has 0 aliphatic rings. The average Bonchev–Trinajstić information content (AvgIpc) is 2.27. The van der Waals surface area contributed by atoms with Crippen LogP contribution in [0.25, 0.3) is 0 Å². The van der Waals surface area contributed by atoms with E-state index in [0.717, 1.165) is 0 Å². The van der Waals surface area contributed by atoms with Crippen molar-refractivity contribution in [2.45, 2.75) is 20.3 Å². The van der Waals surface area contributed by atoms with Crippen LogP contribution in [-0.4, -0.2) is 24.2 Å².